The van der Waals surface area contributed by atoms with Crippen molar-refractivity contribution in [2.45, 2.75) is 39.5 Å². The van der Waals surface area contributed by atoms with E-state index in [-0.39, 0.29) is 0 Å². The van der Waals surface area contributed by atoms with Gasteiger partial charge in [-0.25, -0.2) is 9.97 Å². The van der Waals surface area contributed by atoms with E-state index in [4.69, 9.17) is 0 Å². The molecule has 1 aromatic heterocycles. The molecule has 4 nitrogen and oxygen atoms in total. The van der Waals surface area contributed by atoms with Gasteiger partial charge in [0.15, 0.2) is 0 Å². The summed E-state index contributed by atoms with van der Waals surface area (Å²) in [6.07, 6.45) is 5.21. The minimum absolute atomic E-state index is 0.777. The molecule has 1 unspecified atom stereocenters. The van der Waals surface area contributed by atoms with Gasteiger partial charge >= 0.3 is 0 Å². The van der Waals surface area contributed by atoms with Gasteiger partial charge < -0.3 is 9.80 Å². The number of hydrogen-bond acceptors (Lipinski definition) is 4. The second kappa shape index (κ2) is 5.35. The minimum Gasteiger partial charge on any atom is -0.356 e. The van der Waals surface area contributed by atoms with Crippen molar-refractivity contribution < 1.29 is 0 Å². The van der Waals surface area contributed by atoms with Crippen LogP contribution in [0.4, 0.5) is 11.6 Å². The Bertz CT molecular complexity index is 440. The van der Waals surface area contributed by atoms with Crippen LogP contribution in [0.1, 0.15) is 38.4 Å². The van der Waals surface area contributed by atoms with Crippen molar-refractivity contribution in [2.24, 2.45) is 5.92 Å². The van der Waals surface area contributed by atoms with E-state index < -0.39 is 0 Å². The molecule has 1 aromatic rings. The maximum absolute atomic E-state index is 4.65. The minimum atomic E-state index is 0.777. The molecule has 19 heavy (non-hydrogen) atoms. The van der Waals surface area contributed by atoms with E-state index in [1.165, 1.54) is 25.7 Å². The second-order valence-electron chi connectivity index (χ2n) is 6.02. The van der Waals surface area contributed by atoms with E-state index in [0.29, 0.717) is 0 Å². The van der Waals surface area contributed by atoms with E-state index in [0.717, 1.165) is 49.6 Å². The summed E-state index contributed by atoms with van der Waals surface area (Å²) < 4.78 is 0. The molecule has 0 bridgehead atoms. The molecule has 2 fully saturated rings. The Morgan fingerprint density at radius 1 is 1.00 bits per heavy atom. The molecular formula is C15H24N4. The molecular weight excluding hydrogens is 236 g/mol. The van der Waals surface area contributed by atoms with Crippen LogP contribution in [0.15, 0.2) is 6.07 Å². The lowest BCUT2D eigenvalue weighted by Gasteiger charge is -2.32. The van der Waals surface area contributed by atoms with E-state index >= 15 is 0 Å². The highest BCUT2D eigenvalue weighted by molar-refractivity contribution is 5.51. The van der Waals surface area contributed by atoms with Crippen molar-refractivity contribution in [3.8, 4) is 0 Å². The monoisotopic (exact) mass is 260 g/mol. The van der Waals surface area contributed by atoms with Gasteiger partial charge in [0.05, 0.1) is 0 Å². The Hall–Kier alpha value is -1.32. The summed E-state index contributed by atoms with van der Waals surface area (Å²) >= 11 is 0. The van der Waals surface area contributed by atoms with Gasteiger partial charge in [0.2, 0.25) is 0 Å². The normalized spacial score (nSPS) is 24.0. The molecule has 1 atom stereocenters. The fourth-order valence-corrected chi connectivity index (χ4v) is 3.20. The maximum atomic E-state index is 4.65. The van der Waals surface area contributed by atoms with Crippen LogP contribution in [0.5, 0.6) is 0 Å². The van der Waals surface area contributed by atoms with E-state index in [1.54, 1.807) is 0 Å². The molecule has 2 aliphatic heterocycles. The molecule has 0 aliphatic carbocycles. The van der Waals surface area contributed by atoms with Gasteiger partial charge in [0, 0.05) is 32.2 Å². The van der Waals surface area contributed by atoms with Gasteiger partial charge in [0.25, 0.3) is 0 Å². The first kappa shape index (κ1) is 12.7. The lowest BCUT2D eigenvalue weighted by molar-refractivity contribution is 0.444. The van der Waals surface area contributed by atoms with Crippen molar-refractivity contribution in [2.75, 3.05) is 36.0 Å². The summed E-state index contributed by atoms with van der Waals surface area (Å²) in [5, 5.41) is 0. The van der Waals surface area contributed by atoms with Crippen LogP contribution in [0.25, 0.3) is 0 Å². The first-order valence-electron chi connectivity index (χ1n) is 7.58. The Labute approximate surface area is 115 Å². The lowest BCUT2D eigenvalue weighted by Crippen LogP contribution is -2.35. The standard InChI is InChI=1S/C15H24N4/c1-12-6-5-9-19(11-12)15-10-14(16-13(2)17-15)18-7-3-4-8-18/h10,12H,3-9,11H2,1-2H3. The Morgan fingerprint density at radius 2 is 1.63 bits per heavy atom. The van der Waals surface area contributed by atoms with E-state index in [9.17, 15) is 0 Å². The third-order valence-corrected chi connectivity index (χ3v) is 4.22. The number of piperidine rings is 1. The fourth-order valence-electron chi connectivity index (χ4n) is 3.20. The van der Waals surface area contributed by atoms with Crippen LogP contribution in [-0.2, 0) is 0 Å². The predicted octanol–water partition coefficient (Wildman–Crippen LogP) is 2.62. The van der Waals surface area contributed by atoms with E-state index in [1.807, 2.05) is 6.92 Å². The topological polar surface area (TPSA) is 32.3 Å². The highest BCUT2D eigenvalue weighted by atomic mass is 15.2. The molecule has 0 aromatic carbocycles. The zero-order chi connectivity index (χ0) is 13.2. The number of nitrogens with zero attached hydrogens (tertiary/aromatic N) is 4. The maximum Gasteiger partial charge on any atom is 0.134 e. The van der Waals surface area contributed by atoms with Crippen LogP contribution < -0.4 is 9.80 Å². The van der Waals surface area contributed by atoms with Crippen LogP contribution >= 0.6 is 0 Å². The number of hydrogen-bond donors (Lipinski definition) is 0. The van der Waals surface area contributed by atoms with Crippen molar-refractivity contribution in [1.29, 1.82) is 0 Å². The van der Waals surface area contributed by atoms with Crippen molar-refractivity contribution in [3.63, 3.8) is 0 Å². The lowest BCUT2D eigenvalue weighted by atomic mass is 10.0. The molecule has 0 spiro atoms. The number of aryl methyl sites for hydroxylation is 1. The zero-order valence-corrected chi connectivity index (χ0v) is 12.1. The van der Waals surface area contributed by atoms with Crippen LogP contribution in [0, 0.1) is 12.8 Å². The highest BCUT2D eigenvalue weighted by Gasteiger charge is 2.20. The van der Waals surface area contributed by atoms with Crippen molar-refractivity contribution in [3.05, 3.63) is 11.9 Å². The summed E-state index contributed by atoms with van der Waals surface area (Å²) in [6.45, 7) is 8.91. The molecule has 4 heteroatoms. The molecule has 0 N–H and O–H groups in total. The number of aromatic nitrogens is 2. The molecule has 0 radical (unpaired) electrons. The Balaban J connectivity index is 1.84. The molecule has 0 amide bonds. The predicted molar refractivity (Wildman–Crippen MR) is 78.8 cm³/mol. The Morgan fingerprint density at radius 3 is 2.32 bits per heavy atom. The van der Waals surface area contributed by atoms with Crippen LogP contribution in [0.3, 0.4) is 0 Å². The first-order valence-corrected chi connectivity index (χ1v) is 7.58. The zero-order valence-electron chi connectivity index (χ0n) is 12.1. The SMILES string of the molecule is Cc1nc(N2CCCC2)cc(N2CCCC(C)C2)n1. The number of rotatable bonds is 2. The number of anilines is 2. The summed E-state index contributed by atoms with van der Waals surface area (Å²) in [5.41, 5.74) is 0. The summed E-state index contributed by atoms with van der Waals surface area (Å²) in [6, 6.07) is 2.19. The molecule has 0 saturated carbocycles. The van der Waals surface area contributed by atoms with Crippen LogP contribution in [-0.4, -0.2) is 36.1 Å². The molecule has 2 aliphatic rings. The fraction of sp³-hybridized carbons (Fsp3) is 0.733. The quantitative estimate of drug-likeness (QED) is 0.818. The average Bonchev–Trinajstić information content (AvgIpc) is 2.92. The summed E-state index contributed by atoms with van der Waals surface area (Å²) in [7, 11) is 0. The third-order valence-electron chi connectivity index (χ3n) is 4.22. The van der Waals surface area contributed by atoms with Crippen molar-refractivity contribution >= 4 is 11.6 Å². The summed E-state index contributed by atoms with van der Waals surface area (Å²) in [4.78, 5) is 14.1. The van der Waals surface area contributed by atoms with Gasteiger partial charge in [-0.05, 0) is 38.5 Å². The van der Waals surface area contributed by atoms with Crippen LogP contribution in [0.2, 0.25) is 0 Å². The van der Waals surface area contributed by atoms with Crippen molar-refractivity contribution in [1.82, 2.24) is 9.97 Å². The first-order chi connectivity index (χ1) is 9.22. The van der Waals surface area contributed by atoms with Gasteiger partial charge in [0.1, 0.15) is 17.5 Å². The molecule has 104 valence electrons. The average molecular weight is 260 g/mol. The van der Waals surface area contributed by atoms with Gasteiger partial charge in [-0.3, -0.25) is 0 Å². The molecule has 2 saturated heterocycles. The molecule has 3 rings (SSSR count). The second-order valence-corrected chi connectivity index (χ2v) is 6.02. The van der Waals surface area contributed by atoms with E-state index in [2.05, 4.69) is 32.8 Å². The molecule has 3 heterocycles. The smallest absolute Gasteiger partial charge is 0.134 e. The highest BCUT2D eigenvalue weighted by Crippen LogP contribution is 2.26. The largest absolute Gasteiger partial charge is 0.356 e. The summed E-state index contributed by atoms with van der Waals surface area (Å²) in [5.74, 6) is 3.93. The van der Waals surface area contributed by atoms with Gasteiger partial charge in [-0.15, -0.1) is 0 Å². The Kier molecular flexibility index (Phi) is 3.58. The van der Waals surface area contributed by atoms with Gasteiger partial charge in [-0.1, -0.05) is 6.92 Å². The van der Waals surface area contributed by atoms with Gasteiger partial charge in [-0.2, -0.15) is 0 Å². The third kappa shape index (κ3) is 2.82.